The fraction of sp³-hybridized carbons (Fsp3) is 0.0476. The Kier molecular flexibility index (Phi) is 3.09. The summed E-state index contributed by atoms with van der Waals surface area (Å²) in [5, 5.41) is 18.4. The van der Waals surface area contributed by atoms with E-state index in [1.54, 1.807) is 12.1 Å². The van der Waals surface area contributed by atoms with E-state index >= 15 is 0 Å². The van der Waals surface area contributed by atoms with Gasteiger partial charge in [-0.2, -0.15) is 5.10 Å². The van der Waals surface area contributed by atoms with Gasteiger partial charge in [0.05, 0.1) is 16.6 Å². The number of hydrogen-bond donors (Lipinski definition) is 3. The van der Waals surface area contributed by atoms with Crippen LogP contribution < -0.4 is 0 Å². The molecule has 126 valence electrons. The zero-order valence-corrected chi connectivity index (χ0v) is 14.1. The molecule has 3 aromatic carbocycles. The van der Waals surface area contributed by atoms with Crippen molar-refractivity contribution in [2.75, 3.05) is 0 Å². The molecule has 0 atom stereocenters. The minimum atomic E-state index is 0.272. The summed E-state index contributed by atoms with van der Waals surface area (Å²) in [4.78, 5) is 8.06. The molecule has 0 amide bonds. The van der Waals surface area contributed by atoms with Gasteiger partial charge < -0.3 is 10.1 Å². The van der Waals surface area contributed by atoms with E-state index in [1.807, 2.05) is 43.3 Å². The third kappa shape index (κ3) is 2.33. The molecule has 0 aliphatic carbocycles. The molecular weight excluding hydrogens is 324 g/mol. The van der Waals surface area contributed by atoms with E-state index in [0.717, 1.165) is 50.1 Å². The molecule has 0 radical (unpaired) electrons. The summed E-state index contributed by atoms with van der Waals surface area (Å²) in [6, 6.07) is 19.6. The molecule has 0 fully saturated rings. The second-order valence-electron chi connectivity index (χ2n) is 6.49. The highest BCUT2D eigenvalue weighted by Gasteiger charge is 2.12. The number of para-hydroxylation sites is 1. The van der Waals surface area contributed by atoms with E-state index in [0.29, 0.717) is 0 Å². The Labute approximate surface area is 149 Å². The van der Waals surface area contributed by atoms with E-state index < -0.39 is 0 Å². The van der Waals surface area contributed by atoms with E-state index in [9.17, 15) is 5.11 Å². The van der Waals surface area contributed by atoms with E-state index in [4.69, 9.17) is 0 Å². The number of aromatic amines is 2. The zero-order chi connectivity index (χ0) is 17.7. The van der Waals surface area contributed by atoms with Gasteiger partial charge in [0, 0.05) is 5.39 Å². The lowest BCUT2D eigenvalue weighted by atomic mass is 10.0. The molecule has 2 aromatic heterocycles. The molecule has 2 heterocycles. The molecule has 0 saturated heterocycles. The molecule has 5 nitrogen and oxygen atoms in total. The maximum atomic E-state index is 9.87. The van der Waals surface area contributed by atoms with Crippen LogP contribution in [0.1, 0.15) is 5.56 Å². The molecule has 0 bridgehead atoms. The van der Waals surface area contributed by atoms with Crippen molar-refractivity contribution in [2.45, 2.75) is 6.92 Å². The number of hydrogen-bond acceptors (Lipinski definition) is 3. The molecule has 0 aliphatic heterocycles. The molecule has 5 rings (SSSR count). The number of aryl methyl sites for hydroxylation is 1. The highest BCUT2D eigenvalue weighted by atomic mass is 16.3. The Morgan fingerprint density at radius 1 is 0.885 bits per heavy atom. The second-order valence-corrected chi connectivity index (χ2v) is 6.49. The van der Waals surface area contributed by atoms with Gasteiger partial charge in [0.2, 0.25) is 0 Å². The number of aromatic hydroxyl groups is 1. The average molecular weight is 340 g/mol. The summed E-state index contributed by atoms with van der Waals surface area (Å²) in [7, 11) is 0. The van der Waals surface area contributed by atoms with Gasteiger partial charge in [-0.15, -0.1) is 0 Å². The molecule has 0 unspecified atom stereocenters. The number of benzene rings is 3. The number of H-pyrrole nitrogens is 2. The van der Waals surface area contributed by atoms with E-state index in [1.165, 1.54) is 0 Å². The van der Waals surface area contributed by atoms with Gasteiger partial charge in [-0.25, -0.2) is 4.98 Å². The zero-order valence-electron chi connectivity index (χ0n) is 14.1. The Hall–Kier alpha value is -3.60. The number of nitrogens with zero attached hydrogens (tertiary/aromatic N) is 2. The summed E-state index contributed by atoms with van der Waals surface area (Å²) in [6.07, 6.45) is 0. The Bertz CT molecular complexity index is 1250. The van der Waals surface area contributed by atoms with Crippen molar-refractivity contribution in [1.82, 2.24) is 20.2 Å². The number of imidazole rings is 1. The molecule has 0 spiro atoms. The van der Waals surface area contributed by atoms with Crippen LogP contribution in [0.25, 0.3) is 44.6 Å². The first-order valence-corrected chi connectivity index (χ1v) is 8.42. The number of nitrogens with one attached hydrogen (secondary N) is 2. The lowest BCUT2D eigenvalue weighted by molar-refractivity contribution is 0.475. The highest BCUT2D eigenvalue weighted by molar-refractivity contribution is 5.93. The molecule has 3 N–H and O–H groups in total. The van der Waals surface area contributed by atoms with Crippen LogP contribution >= 0.6 is 0 Å². The van der Waals surface area contributed by atoms with Crippen molar-refractivity contribution < 1.29 is 5.11 Å². The fourth-order valence-corrected chi connectivity index (χ4v) is 3.37. The van der Waals surface area contributed by atoms with Crippen LogP contribution in [0.4, 0.5) is 0 Å². The van der Waals surface area contributed by atoms with Gasteiger partial charge in [-0.05, 0) is 53.9 Å². The molecule has 5 heteroatoms. The van der Waals surface area contributed by atoms with Gasteiger partial charge in [-0.3, -0.25) is 5.10 Å². The largest absolute Gasteiger partial charge is 0.508 e. The quantitative estimate of drug-likeness (QED) is 0.432. The monoisotopic (exact) mass is 340 g/mol. The summed E-state index contributed by atoms with van der Waals surface area (Å²) in [5.74, 6) is 1.01. The number of rotatable bonds is 2. The Morgan fingerprint density at radius 3 is 2.65 bits per heavy atom. The predicted octanol–water partition coefficient (Wildman–Crippen LogP) is 4.79. The van der Waals surface area contributed by atoms with Crippen molar-refractivity contribution in [3.8, 4) is 28.4 Å². The molecule has 26 heavy (non-hydrogen) atoms. The molecule has 0 saturated carbocycles. The number of phenolic OH excluding ortho intramolecular Hbond substituents is 1. The minimum absolute atomic E-state index is 0.272. The Balaban J connectivity index is 1.64. The van der Waals surface area contributed by atoms with Crippen LogP contribution in [-0.4, -0.2) is 25.3 Å². The van der Waals surface area contributed by atoms with E-state index in [2.05, 4.69) is 32.3 Å². The molecule has 0 aliphatic rings. The van der Waals surface area contributed by atoms with Gasteiger partial charge in [0.15, 0.2) is 5.82 Å². The number of aromatic nitrogens is 4. The smallest absolute Gasteiger partial charge is 0.159 e. The summed E-state index contributed by atoms with van der Waals surface area (Å²) < 4.78 is 0. The second kappa shape index (κ2) is 5.46. The minimum Gasteiger partial charge on any atom is -0.508 e. The van der Waals surface area contributed by atoms with Crippen molar-refractivity contribution in [1.29, 1.82) is 0 Å². The van der Waals surface area contributed by atoms with Crippen molar-refractivity contribution in [3.05, 3.63) is 66.2 Å². The van der Waals surface area contributed by atoms with Crippen LogP contribution in [-0.2, 0) is 0 Å². The first-order valence-electron chi connectivity index (χ1n) is 8.42. The molecule has 5 aromatic rings. The van der Waals surface area contributed by atoms with Crippen molar-refractivity contribution >= 4 is 21.9 Å². The van der Waals surface area contributed by atoms with Gasteiger partial charge in [-0.1, -0.05) is 30.3 Å². The van der Waals surface area contributed by atoms with Gasteiger partial charge in [0.25, 0.3) is 0 Å². The predicted molar refractivity (Wildman–Crippen MR) is 103 cm³/mol. The highest BCUT2D eigenvalue weighted by Crippen LogP contribution is 2.30. The first kappa shape index (κ1) is 14.7. The van der Waals surface area contributed by atoms with Gasteiger partial charge in [0.1, 0.15) is 11.4 Å². The summed E-state index contributed by atoms with van der Waals surface area (Å²) >= 11 is 0. The number of fused-ring (bicyclic) bond motifs is 2. The van der Waals surface area contributed by atoms with Crippen molar-refractivity contribution in [3.63, 3.8) is 0 Å². The van der Waals surface area contributed by atoms with Crippen LogP contribution in [0, 0.1) is 6.92 Å². The maximum Gasteiger partial charge on any atom is 0.159 e. The SMILES string of the molecule is Cc1cc(O)cc(-c2ccc3nc(-c4n[nH]c5ccccc45)[nH]c3c2)c1. The van der Waals surface area contributed by atoms with Crippen LogP contribution in [0.5, 0.6) is 5.75 Å². The lowest BCUT2D eigenvalue weighted by Crippen LogP contribution is -1.81. The summed E-state index contributed by atoms with van der Waals surface area (Å²) in [5.41, 5.74) is 6.64. The van der Waals surface area contributed by atoms with Crippen LogP contribution in [0.2, 0.25) is 0 Å². The third-order valence-electron chi connectivity index (χ3n) is 4.57. The maximum absolute atomic E-state index is 9.87. The lowest BCUT2D eigenvalue weighted by Gasteiger charge is -2.04. The third-order valence-corrected chi connectivity index (χ3v) is 4.57. The molecular formula is C21H16N4O. The van der Waals surface area contributed by atoms with E-state index in [-0.39, 0.29) is 5.75 Å². The summed E-state index contributed by atoms with van der Waals surface area (Å²) in [6.45, 7) is 1.97. The Morgan fingerprint density at radius 2 is 1.77 bits per heavy atom. The topological polar surface area (TPSA) is 77.6 Å². The average Bonchev–Trinajstić information content (AvgIpc) is 3.23. The first-order chi connectivity index (χ1) is 12.7. The van der Waals surface area contributed by atoms with Crippen molar-refractivity contribution in [2.24, 2.45) is 0 Å². The standard InChI is InChI=1S/C21H16N4O/c1-12-8-14(10-15(26)9-12)13-6-7-18-19(11-13)23-21(22-18)20-16-4-2-3-5-17(16)24-25-20/h2-11,26H,1H3,(H,22,23)(H,24,25). The number of phenols is 1. The normalized spacial score (nSPS) is 11.4. The fourth-order valence-electron chi connectivity index (χ4n) is 3.37. The van der Waals surface area contributed by atoms with Crippen LogP contribution in [0.15, 0.2) is 60.7 Å². The van der Waals surface area contributed by atoms with Crippen LogP contribution in [0.3, 0.4) is 0 Å². The van der Waals surface area contributed by atoms with Gasteiger partial charge >= 0.3 is 0 Å².